The number of ether oxygens (including phenoxy) is 5. The average Bonchev–Trinajstić information content (AvgIpc) is 3.75. The fourth-order valence-electron chi connectivity index (χ4n) is 5.98. The molecule has 37 heavy (non-hydrogen) atoms. The summed E-state index contributed by atoms with van der Waals surface area (Å²) in [5.74, 6) is -0.0142. The van der Waals surface area contributed by atoms with E-state index in [0.29, 0.717) is 32.7 Å². The van der Waals surface area contributed by atoms with E-state index in [-0.39, 0.29) is 41.5 Å². The van der Waals surface area contributed by atoms with Crippen molar-refractivity contribution in [2.45, 2.75) is 89.5 Å². The molecule has 3 saturated heterocycles. The Kier molecular flexibility index (Phi) is 8.72. The molecular formula is C27H45N3O7. The predicted molar refractivity (Wildman–Crippen MR) is 137 cm³/mol. The molecule has 0 radical (unpaired) electrons. The largest absolute Gasteiger partial charge is 0.443 e. The van der Waals surface area contributed by atoms with Gasteiger partial charge < -0.3 is 38.8 Å². The van der Waals surface area contributed by atoms with Crippen LogP contribution in [0.25, 0.3) is 0 Å². The van der Waals surface area contributed by atoms with Gasteiger partial charge in [0.2, 0.25) is 0 Å². The zero-order chi connectivity index (χ0) is 26.8. The second kappa shape index (κ2) is 11.5. The number of hydrogen-bond donors (Lipinski definition) is 1. The third-order valence-electron chi connectivity index (χ3n) is 8.46. The van der Waals surface area contributed by atoms with Crippen molar-refractivity contribution in [2.75, 3.05) is 53.0 Å². The number of methoxy groups -OCH3 is 1. The van der Waals surface area contributed by atoms with Crippen LogP contribution in [0.3, 0.4) is 0 Å². The highest BCUT2D eigenvalue weighted by atomic mass is 16.6. The molecule has 0 aromatic rings. The monoisotopic (exact) mass is 523 g/mol. The standard InChI is InChI=1S/C27H45N3O7/c1-7-29(8-2)14-13-28-24(31)35-19-15-30(16-19)25(32)36-20-11-12-27(17-34-27)23(22(20)33-6)26(5)21(37-26)10-9-18(3)4/h9,19-23H,7-8,10-17H2,1-6H3,(H,28,31)/t20-,21-,22-,23-,26+,27+/m1/s1. The Hall–Kier alpha value is -1.88. The Morgan fingerprint density at radius 1 is 1.19 bits per heavy atom. The summed E-state index contributed by atoms with van der Waals surface area (Å²) in [4.78, 5) is 28.8. The summed E-state index contributed by atoms with van der Waals surface area (Å²) in [6, 6.07) is 0. The molecule has 3 aliphatic heterocycles. The van der Waals surface area contributed by atoms with E-state index >= 15 is 0 Å². The molecule has 3 heterocycles. The number of alkyl carbamates (subject to hydrolysis) is 1. The first-order chi connectivity index (χ1) is 17.7. The minimum absolute atomic E-state index is 0.0142. The molecule has 0 aromatic heterocycles. The summed E-state index contributed by atoms with van der Waals surface area (Å²) < 4.78 is 29.5. The summed E-state index contributed by atoms with van der Waals surface area (Å²) in [5.41, 5.74) is 0.637. The molecule has 0 aromatic carbocycles. The SMILES string of the molecule is CCN(CC)CCNC(=O)OC1CN(C(=O)O[C@@H]2CC[C@]3(CO3)[C@@H]([C@@]3(C)O[C@@H]3CC=C(C)C)[C@@H]2OC)C1. The van der Waals surface area contributed by atoms with Crippen LogP contribution in [0.2, 0.25) is 0 Å². The van der Waals surface area contributed by atoms with Gasteiger partial charge in [0.1, 0.15) is 29.5 Å². The van der Waals surface area contributed by atoms with Gasteiger partial charge in [-0.05, 0) is 53.1 Å². The number of likely N-dealkylation sites (N-methyl/N-ethyl adjacent to an activating group) is 1. The Labute approximate surface area is 220 Å². The fourth-order valence-corrected chi connectivity index (χ4v) is 5.98. The molecule has 4 fully saturated rings. The Balaban J connectivity index is 1.25. The molecule has 4 aliphatic rings. The number of amides is 2. The first-order valence-corrected chi connectivity index (χ1v) is 13.8. The number of hydrogen-bond acceptors (Lipinski definition) is 8. The normalized spacial score (nSPS) is 34.6. The van der Waals surface area contributed by atoms with E-state index in [1.807, 2.05) is 0 Å². The first-order valence-electron chi connectivity index (χ1n) is 13.8. The van der Waals surface area contributed by atoms with E-state index in [1.165, 1.54) is 5.57 Å². The molecule has 6 atom stereocenters. The number of carbonyl (C=O) groups is 2. The topological polar surface area (TPSA) is 105 Å². The molecule has 1 N–H and O–H groups in total. The summed E-state index contributed by atoms with van der Waals surface area (Å²) in [5, 5.41) is 2.78. The number of nitrogens with one attached hydrogen (secondary N) is 1. The highest BCUT2D eigenvalue weighted by Crippen LogP contribution is 2.59. The van der Waals surface area contributed by atoms with Crippen molar-refractivity contribution in [2.24, 2.45) is 5.92 Å². The van der Waals surface area contributed by atoms with E-state index in [1.54, 1.807) is 12.0 Å². The van der Waals surface area contributed by atoms with Gasteiger partial charge in [-0.2, -0.15) is 0 Å². The van der Waals surface area contributed by atoms with Crippen LogP contribution >= 0.6 is 0 Å². The lowest BCUT2D eigenvalue weighted by Crippen LogP contribution is -2.59. The number of epoxide rings is 2. The van der Waals surface area contributed by atoms with E-state index in [0.717, 1.165) is 32.5 Å². The van der Waals surface area contributed by atoms with Gasteiger partial charge >= 0.3 is 12.2 Å². The van der Waals surface area contributed by atoms with Gasteiger partial charge in [0.25, 0.3) is 0 Å². The summed E-state index contributed by atoms with van der Waals surface area (Å²) in [7, 11) is 1.67. The summed E-state index contributed by atoms with van der Waals surface area (Å²) in [6.45, 7) is 15.0. The van der Waals surface area contributed by atoms with Crippen LogP contribution in [-0.4, -0.2) is 111 Å². The summed E-state index contributed by atoms with van der Waals surface area (Å²) in [6.07, 6.45) is 2.77. The van der Waals surface area contributed by atoms with Crippen LogP contribution < -0.4 is 5.32 Å². The lowest BCUT2D eigenvalue weighted by molar-refractivity contribution is -0.126. The Morgan fingerprint density at radius 3 is 2.49 bits per heavy atom. The number of allylic oxidation sites excluding steroid dienone is 1. The fraction of sp³-hybridized carbons (Fsp3) is 0.852. The number of likely N-dealkylation sites (tertiary alicyclic amines) is 1. The Morgan fingerprint density at radius 2 is 1.89 bits per heavy atom. The molecule has 0 unspecified atom stereocenters. The second-order valence-corrected chi connectivity index (χ2v) is 11.2. The maximum Gasteiger partial charge on any atom is 0.410 e. The summed E-state index contributed by atoms with van der Waals surface area (Å²) >= 11 is 0. The van der Waals surface area contributed by atoms with Crippen LogP contribution in [0, 0.1) is 5.92 Å². The van der Waals surface area contributed by atoms with Crippen molar-refractivity contribution in [3.05, 3.63) is 11.6 Å². The second-order valence-electron chi connectivity index (χ2n) is 11.2. The van der Waals surface area contributed by atoms with Crippen molar-refractivity contribution in [3.63, 3.8) is 0 Å². The quantitative estimate of drug-likeness (QED) is 0.326. The van der Waals surface area contributed by atoms with Crippen LogP contribution in [0.1, 0.15) is 53.9 Å². The van der Waals surface area contributed by atoms with Crippen molar-refractivity contribution in [1.29, 1.82) is 0 Å². The molecule has 1 aliphatic carbocycles. The van der Waals surface area contributed by atoms with E-state index in [9.17, 15) is 9.59 Å². The lowest BCUT2D eigenvalue weighted by Gasteiger charge is -2.44. The molecule has 1 saturated carbocycles. The molecular weight excluding hydrogens is 478 g/mol. The molecule has 10 nitrogen and oxygen atoms in total. The van der Waals surface area contributed by atoms with Crippen molar-refractivity contribution in [3.8, 4) is 0 Å². The molecule has 0 bridgehead atoms. The number of carbonyl (C=O) groups excluding carboxylic acids is 2. The minimum Gasteiger partial charge on any atom is -0.443 e. The van der Waals surface area contributed by atoms with E-state index in [4.69, 9.17) is 23.7 Å². The zero-order valence-electron chi connectivity index (χ0n) is 23.3. The number of nitrogens with zero attached hydrogens (tertiary/aromatic N) is 2. The van der Waals surface area contributed by atoms with Gasteiger partial charge in [0, 0.05) is 20.2 Å². The van der Waals surface area contributed by atoms with Gasteiger partial charge in [-0.15, -0.1) is 0 Å². The highest BCUT2D eigenvalue weighted by molar-refractivity contribution is 5.70. The van der Waals surface area contributed by atoms with Crippen LogP contribution in [0.15, 0.2) is 11.6 Å². The first kappa shape index (κ1) is 28.1. The van der Waals surface area contributed by atoms with Gasteiger partial charge in [0.15, 0.2) is 0 Å². The van der Waals surface area contributed by atoms with Gasteiger partial charge in [-0.25, -0.2) is 9.59 Å². The van der Waals surface area contributed by atoms with E-state index < -0.39 is 12.2 Å². The molecule has 210 valence electrons. The highest BCUT2D eigenvalue weighted by Gasteiger charge is 2.72. The molecule has 2 amide bonds. The van der Waals surface area contributed by atoms with Crippen LogP contribution in [0.4, 0.5) is 9.59 Å². The number of rotatable bonds is 11. The van der Waals surface area contributed by atoms with Crippen LogP contribution in [-0.2, 0) is 23.7 Å². The van der Waals surface area contributed by atoms with Crippen molar-refractivity contribution >= 4 is 12.2 Å². The third kappa shape index (κ3) is 6.24. The average molecular weight is 524 g/mol. The third-order valence-corrected chi connectivity index (χ3v) is 8.46. The van der Waals surface area contributed by atoms with E-state index in [2.05, 4.69) is 50.9 Å². The smallest absolute Gasteiger partial charge is 0.410 e. The minimum atomic E-state index is -0.449. The maximum absolute atomic E-state index is 12.9. The maximum atomic E-state index is 12.9. The molecule has 10 heteroatoms. The van der Waals surface area contributed by atoms with Crippen molar-refractivity contribution < 1.29 is 33.3 Å². The predicted octanol–water partition coefficient (Wildman–Crippen LogP) is 2.95. The van der Waals surface area contributed by atoms with Gasteiger partial charge in [-0.1, -0.05) is 25.5 Å². The van der Waals surface area contributed by atoms with Gasteiger partial charge in [0.05, 0.1) is 31.7 Å². The Bertz CT molecular complexity index is 849. The molecule has 4 rings (SSSR count). The van der Waals surface area contributed by atoms with Crippen molar-refractivity contribution in [1.82, 2.24) is 15.1 Å². The lowest BCUT2D eigenvalue weighted by atomic mass is 9.68. The molecule has 1 spiro atoms. The zero-order valence-corrected chi connectivity index (χ0v) is 23.3. The van der Waals surface area contributed by atoms with Crippen LogP contribution in [0.5, 0.6) is 0 Å². The van der Waals surface area contributed by atoms with Gasteiger partial charge in [-0.3, -0.25) is 0 Å².